The summed E-state index contributed by atoms with van der Waals surface area (Å²) < 4.78 is 27.8. The summed E-state index contributed by atoms with van der Waals surface area (Å²) in [6, 6.07) is 24.3. The molecule has 0 unspecified atom stereocenters. The highest BCUT2D eigenvalue weighted by atomic mass is 32.2. The van der Waals surface area contributed by atoms with Gasteiger partial charge in [0.05, 0.1) is 10.6 Å². The zero-order valence-corrected chi connectivity index (χ0v) is 19.6. The van der Waals surface area contributed by atoms with E-state index < -0.39 is 15.9 Å². The van der Waals surface area contributed by atoms with E-state index >= 15 is 0 Å². The van der Waals surface area contributed by atoms with Gasteiger partial charge in [0.15, 0.2) is 0 Å². The highest BCUT2D eigenvalue weighted by molar-refractivity contribution is 7.92. The van der Waals surface area contributed by atoms with Crippen LogP contribution in [-0.4, -0.2) is 38.2 Å². The first-order chi connectivity index (χ1) is 16.4. The van der Waals surface area contributed by atoms with Crippen molar-refractivity contribution in [1.29, 1.82) is 0 Å². The molecule has 0 bridgehead atoms. The minimum Gasteiger partial charge on any atom is -0.350 e. The maximum absolute atomic E-state index is 13.3. The van der Waals surface area contributed by atoms with Gasteiger partial charge in [0.1, 0.15) is 6.54 Å². The van der Waals surface area contributed by atoms with Gasteiger partial charge in [0.2, 0.25) is 11.8 Å². The van der Waals surface area contributed by atoms with Gasteiger partial charge in [-0.25, -0.2) is 8.42 Å². The Bertz CT molecular complexity index is 1250. The van der Waals surface area contributed by atoms with E-state index in [-0.39, 0.29) is 23.9 Å². The molecule has 0 atom stereocenters. The van der Waals surface area contributed by atoms with E-state index in [2.05, 4.69) is 5.32 Å². The summed E-state index contributed by atoms with van der Waals surface area (Å²) >= 11 is 0. The third kappa shape index (κ3) is 5.46. The number of likely N-dealkylation sites (tertiary alicyclic amines) is 1. The second kappa shape index (κ2) is 10.5. The number of sulfonamides is 1. The lowest BCUT2D eigenvalue weighted by atomic mass is 10.1. The minimum absolute atomic E-state index is 0.118. The molecule has 3 aromatic carbocycles. The molecule has 4 rings (SSSR count). The molecular weight excluding hydrogens is 450 g/mol. The monoisotopic (exact) mass is 477 g/mol. The van der Waals surface area contributed by atoms with Crippen LogP contribution in [0.5, 0.6) is 0 Å². The van der Waals surface area contributed by atoms with Gasteiger partial charge in [0, 0.05) is 26.1 Å². The van der Waals surface area contributed by atoms with E-state index in [1.54, 1.807) is 48.5 Å². The highest BCUT2D eigenvalue weighted by Crippen LogP contribution is 2.23. The minimum atomic E-state index is -3.93. The van der Waals surface area contributed by atoms with Crippen molar-refractivity contribution in [3.8, 4) is 0 Å². The second-order valence-electron chi connectivity index (χ2n) is 8.12. The van der Waals surface area contributed by atoms with Crippen molar-refractivity contribution >= 4 is 27.5 Å². The normalized spacial score (nSPS) is 13.6. The van der Waals surface area contributed by atoms with Crippen LogP contribution in [-0.2, 0) is 32.7 Å². The summed E-state index contributed by atoms with van der Waals surface area (Å²) in [4.78, 5) is 26.9. The molecule has 1 aliphatic heterocycles. The maximum Gasteiger partial charge on any atom is 0.264 e. The number of rotatable bonds is 9. The van der Waals surface area contributed by atoms with Gasteiger partial charge in [0.25, 0.3) is 10.0 Å². The van der Waals surface area contributed by atoms with Gasteiger partial charge in [-0.1, -0.05) is 60.7 Å². The van der Waals surface area contributed by atoms with Gasteiger partial charge < -0.3 is 10.2 Å². The van der Waals surface area contributed by atoms with Crippen LogP contribution in [0.15, 0.2) is 89.8 Å². The van der Waals surface area contributed by atoms with Crippen molar-refractivity contribution < 1.29 is 18.0 Å². The summed E-state index contributed by atoms with van der Waals surface area (Å²) in [5.74, 6) is -0.279. The van der Waals surface area contributed by atoms with Crippen LogP contribution >= 0.6 is 0 Å². The molecule has 34 heavy (non-hydrogen) atoms. The van der Waals surface area contributed by atoms with Gasteiger partial charge in [-0.3, -0.25) is 13.9 Å². The van der Waals surface area contributed by atoms with Crippen LogP contribution < -0.4 is 9.62 Å². The zero-order chi connectivity index (χ0) is 24.0. The zero-order valence-electron chi connectivity index (χ0n) is 18.8. The van der Waals surface area contributed by atoms with Gasteiger partial charge in [-0.05, 0) is 41.8 Å². The predicted octanol–water partition coefficient (Wildman–Crippen LogP) is 3.32. The molecule has 3 aromatic rings. The molecule has 1 N–H and O–H groups in total. The molecule has 8 heteroatoms. The lowest BCUT2D eigenvalue weighted by Gasteiger charge is -2.24. The topological polar surface area (TPSA) is 86.8 Å². The lowest BCUT2D eigenvalue weighted by molar-refractivity contribution is -0.128. The van der Waals surface area contributed by atoms with Crippen molar-refractivity contribution in [3.05, 3.63) is 96.1 Å². The first-order valence-corrected chi connectivity index (χ1v) is 12.6. The summed E-state index contributed by atoms with van der Waals surface area (Å²) in [6.07, 6.45) is 1.44. The van der Waals surface area contributed by atoms with E-state index in [1.807, 2.05) is 29.2 Å². The number of benzene rings is 3. The smallest absolute Gasteiger partial charge is 0.264 e. The molecular formula is C26H27N3O4S. The summed E-state index contributed by atoms with van der Waals surface area (Å²) in [6.45, 7) is 1.13. The predicted molar refractivity (Wildman–Crippen MR) is 130 cm³/mol. The summed E-state index contributed by atoms with van der Waals surface area (Å²) in [5, 5.41) is 2.85. The van der Waals surface area contributed by atoms with Crippen LogP contribution in [0, 0.1) is 0 Å². The Balaban J connectivity index is 1.49. The standard InChI is InChI=1S/C26H27N3O4S/c30-25(27-18-21-10-7-8-11-22(21)19-28-17-9-16-26(28)31)20-29(23-12-3-1-4-13-23)34(32,33)24-14-5-2-6-15-24/h1-8,10-15H,9,16-20H2,(H,27,30). The molecule has 0 aliphatic carbocycles. The van der Waals surface area contributed by atoms with Crippen molar-refractivity contribution in [2.45, 2.75) is 30.8 Å². The average Bonchev–Trinajstić information content (AvgIpc) is 3.27. The number of para-hydroxylation sites is 1. The molecule has 1 fully saturated rings. The van der Waals surface area contributed by atoms with Crippen molar-refractivity contribution in [2.75, 3.05) is 17.4 Å². The lowest BCUT2D eigenvalue weighted by Crippen LogP contribution is -2.40. The maximum atomic E-state index is 13.3. The van der Waals surface area contributed by atoms with Gasteiger partial charge in [-0.2, -0.15) is 0 Å². The molecule has 2 amide bonds. The number of hydrogen-bond donors (Lipinski definition) is 1. The summed E-state index contributed by atoms with van der Waals surface area (Å²) in [7, 11) is -3.93. The Labute approximate surface area is 200 Å². The van der Waals surface area contributed by atoms with E-state index in [1.165, 1.54) is 12.1 Å². The number of carbonyl (C=O) groups excluding carboxylic acids is 2. The van der Waals surface area contributed by atoms with Crippen molar-refractivity contribution in [1.82, 2.24) is 10.2 Å². The van der Waals surface area contributed by atoms with Gasteiger partial charge in [-0.15, -0.1) is 0 Å². The number of nitrogens with zero attached hydrogens (tertiary/aromatic N) is 2. The Morgan fingerprint density at radius 2 is 1.50 bits per heavy atom. The van der Waals surface area contributed by atoms with Crippen molar-refractivity contribution in [2.24, 2.45) is 0 Å². The Hall–Kier alpha value is -3.65. The SMILES string of the molecule is O=C(CN(c1ccccc1)S(=O)(=O)c1ccccc1)NCc1ccccc1CN1CCCC1=O. The third-order valence-corrected chi connectivity index (χ3v) is 7.58. The third-order valence-electron chi connectivity index (χ3n) is 5.79. The number of hydrogen-bond acceptors (Lipinski definition) is 4. The number of anilines is 1. The molecule has 0 aromatic heterocycles. The van der Waals surface area contributed by atoms with E-state index in [9.17, 15) is 18.0 Å². The van der Waals surface area contributed by atoms with Gasteiger partial charge >= 0.3 is 0 Å². The van der Waals surface area contributed by atoms with Crippen LogP contribution in [0.25, 0.3) is 0 Å². The second-order valence-corrected chi connectivity index (χ2v) is 9.99. The molecule has 1 saturated heterocycles. The molecule has 0 radical (unpaired) electrons. The molecule has 0 saturated carbocycles. The Kier molecular flexibility index (Phi) is 7.27. The first kappa shape index (κ1) is 23.5. The highest BCUT2D eigenvalue weighted by Gasteiger charge is 2.27. The van der Waals surface area contributed by atoms with Crippen LogP contribution in [0.4, 0.5) is 5.69 Å². The van der Waals surface area contributed by atoms with Crippen molar-refractivity contribution in [3.63, 3.8) is 0 Å². The van der Waals surface area contributed by atoms with E-state index in [0.29, 0.717) is 18.7 Å². The summed E-state index contributed by atoms with van der Waals surface area (Å²) in [5.41, 5.74) is 2.28. The Morgan fingerprint density at radius 3 is 2.15 bits per heavy atom. The molecule has 7 nitrogen and oxygen atoms in total. The Morgan fingerprint density at radius 1 is 0.882 bits per heavy atom. The first-order valence-electron chi connectivity index (χ1n) is 11.2. The number of amides is 2. The fraction of sp³-hybridized carbons (Fsp3) is 0.231. The average molecular weight is 478 g/mol. The quantitative estimate of drug-likeness (QED) is 0.512. The van der Waals surface area contributed by atoms with E-state index in [4.69, 9.17) is 0 Å². The largest absolute Gasteiger partial charge is 0.350 e. The van der Waals surface area contributed by atoms with Crippen LogP contribution in [0.1, 0.15) is 24.0 Å². The fourth-order valence-corrected chi connectivity index (χ4v) is 5.41. The molecule has 1 heterocycles. The molecule has 176 valence electrons. The number of nitrogens with one attached hydrogen (secondary N) is 1. The molecule has 0 spiro atoms. The van der Waals surface area contributed by atoms with Crippen LogP contribution in [0.2, 0.25) is 0 Å². The fourth-order valence-electron chi connectivity index (χ4n) is 3.97. The molecule has 1 aliphatic rings. The van der Waals surface area contributed by atoms with E-state index in [0.717, 1.165) is 28.4 Å². The number of carbonyl (C=O) groups is 2. The van der Waals surface area contributed by atoms with Crippen LogP contribution in [0.3, 0.4) is 0 Å².